The molecule has 0 saturated heterocycles. The number of fused-ring (bicyclic) bond motifs is 1. The van der Waals surface area contributed by atoms with Gasteiger partial charge in [0.1, 0.15) is 22.2 Å². The summed E-state index contributed by atoms with van der Waals surface area (Å²) in [5.41, 5.74) is 6.59. The van der Waals surface area contributed by atoms with Crippen LogP contribution in [-0.4, -0.2) is 16.5 Å². The Morgan fingerprint density at radius 3 is 3.00 bits per heavy atom. The highest BCUT2D eigenvalue weighted by molar-refractivity contribution is 6.35. The van der Waals surface area contributed by atoms with Crippen LogP contribution in [0.4, 0.5) is 4.39 Å². The van der Waals surface area contributed by atoms with Crippen molar-refractivity contribution in [1.29, 1.82) is 0 Å². The monoisotopic (exact) mass is 213 g/mol. The van der Waals surface area contributed by atoms with Gasteiger partial charge < -0.3 is 10.7 Å². The minimum absolute atomic E-state index is 0.0574. The van der Waals surface area contributed by atoms with E-state index in [1.807, 2.05) is 0 Å². The largest absolute Gasteiger partial charge is 0.342 e. The van der Waals surface area contributed by atoms with Crippen LogP contribution in [0.15, 0.2) is 12.1 Å². The molecule has 1 heterocycles. The number of rotatable bonds is 2. The van der Waals surface area contributed by atoms with Gasteiger partial charge in [0.2, 0.25) is 0 Å². The lowest BCUT2D eigenvalue weighted by molar-refractivity contribution is 0.630. The summed E-state index contributed by atoms with van der Waals surface area (Å²) in [6.07, 6.45) is 0.632. The number of nitrogens with zero attached hydrogens (tertiary/aromatic N) is 1. The fourth-order valence-electron chi connectivity index (χ4n) is 1.32. The second-order valence-corrected chi connectivity index (χ2v) is 3.36. The number of benzene rings is 1. The number of imidazole rings is 1. The maximum atomic E-state index is 13.0. The molecule has 0 aliphatic rings. The number of nitrogens with one attached hydrogen (secondary N) is 1. The zero-order valence-corrected chi connectivity index (χ0v) is 8.11. The third-order valence-corrected chi connectivity index (χ3v) is 2.34. The van der Waals surface area contributed by atoms with E-state index in [9.17, 15) is 4.39 Å². The Hall–Kier alpha value is -1.13. The highest BCUT2D eigenvalue weighted by atomic mass is 35.5. The summed E-state index contributed by atoms with van der Waals surface area (Å²) >= 11 is 5.75. The zero-order chi connectivity index (χ0) is 10.1. The molecule has 2 aromatic rings. The SMILES string of the molecule is NCCc1nc2c(Cl)c(F)ccc2[nH]1. The fraction of sp³-hybridized carbons (Fsp3) is 0.222. The normalized spacial score (nSPS) is 11.1. The van der Waals surface area contributed by atoms with Gasteiger partial charge in [0.15, 0.2) is 0 Å². The van der Waals surface area contributed by atoms with Crippen LogP contribution >= 0.6 is 11.6 Å². The van der Waals surface area contributed by atoms with Gasteiger partial charge >= 0.3 is 0 Å². The average molecular weight is 214 g/mol. The summed E-state index contributed by atoms with van der Waals surface area (Å²) in [5, 5.41) is 0.0574. The average Bonchev–Trinajstić information content (AvgIpc) is 2.56. The van der Waals surface area contributed by atoms with Crippen LogP contribution in [-0.2, 0) is 6.42 Å². The van der Waals surface area contributed by atoms with E-state index in [1.54, 1.807) is 6.07 Å². The number of halogens is 2. The molecule has 0 unspecified atom stereocenters. The Bertz CT molecular complexity index is 466. The molecule has 1 aromatic heterocycles. The molecule has 14 heavy (non-hydrogen) atoms. The predicted octanol–water partition coefficient (Wildman–Crippen LogP) is 1.86. The predicted molar refractivity (Wildman–Crippen MR) is 53.8 cm³/mol. The third kappa shape index (κ3) is 1.47. The maximum Gasteiger partial charge on any atom is 0.144 e. The second-order valence-electron chi connectivity index (χ2n) is 2.98. The van der Waals surface area contributed by atoms with Crippen molar-refractivity contribution in [3.05, 3.63) is 28.8 Å². The molecule has 0 fully saturated rings. The molecule has 0 spiro atoms. The van der Waals surface area contributed by atoms with Crippen molar-refractivity contribution in [2.45, 2.75) is 6.42 Å². The molecule has 0 atom stereocenters. The first-order valence-electron chi connectivity index (χ1n) is 4.25. The minimum Gasteiger partial charge on any atom is -0.342 e. The van der Waals surface area contributed by atoms with Crippen LogP contribution in [0.3, 0.4) is 0 Å². The van der Waals surface area contributed by atoms with Crippen LogP contribution in [0.1, 0.15) is 5.82 Å². The molecule has 5 heteroatoms. The van der Waals surface area contributed by atoms with E-state index in [0.717, 1.165) is 11.3 Å². The van der Waals surface area contributed by atoms with Crippen LogP contribution in [0.2, 0.25) is 5.02 Å². The van der Waals surface area contributed by atoms with Crippen molar-refractivity contribution in [1.82, 2.24) is 9.97 Å². The summed E-state index contributed by atoms with van der Waals surface area (Å²) in [6, 6.07) is 2.93. The minimum atomic E-state index is -0.454. The van der Waals surface area contributed by atoms with Crippen LogP contribution in [0.25, 0.3) is 11.0 Å². The molecule has 0 aliphatic heterocycles. The van der Waals surface area contributed by atoms with Crippen molar-refractivity contribution >= 4 is 22.6 Å². The highest BCUT2D eigenvalue weighted by Gasteiger charge is 2.09. The van der Waals surface area contributed by atoms with Gasteiger partial charge in [-0.3, -0.25) is 0 Å². The quantitative estimate of drug-likeness (QED) is 0.800. The Morgan fingerprint density at radius 2 is 2.29 bits per heavy atom. The number of hydrogen-bond donors (Lipinski definition) is 2. The smallest absolute Gasteiger partial charge is 0.144 e. The first kappa shape index (κ1) is 9.43. The molecule has 1 aromatic carbocycles. The van der Waals surface area contributed by atoms with Crippen LogP contribution in [0.5, 0.6) is 0 Å². The lowest BCUT2D eigenvalue weighted by atomic mass is 10.3. The van der Waals surface area contributed by atoms with Crippen molar-refractivity contribution < 1.29 is 4.39 Å². The van der Waals surface area contributed by atoms with Gasteiger partial charge in [-0.1, -0.05) is 11.6 Å². The van der Waals surface area contributed by atoms with Gasteiger partial charge in [0.25, 0.3) is 0 Å². The molecular formula is C9H9ClFN3. The molecule has 3 nitrogen and oxygen atoms in total. The maximum absolute atomic E-state index is 13.0. The van der Waals surface area contributed by atoms with Crippen LogP contribution < -0.4 is 5.73 Å². The van der Waals surface area contributed by atoms with Gasteiger partial charge in [-0.15, -0.1) is 0 Å². The van der Waals surface area contributed by atoms with Crippen molar-refractivity contribution in [3.63, 3.8) is 0 Å². The third-order valence-electron chi connectivity index (χ3n) is 1.98. The van der Waals surface area contributed by atoms with E-state index in [2.05, 4.69) is 9.97 Å². The topological polar surface area (TPSA) is 54.7 Å². The van der Waals surface area contributed by atoms with Gasteiger partial charge in [0.05, 0.1) is 5.52 Å². The van der Waals surface area contributed by atoms with Gasteiger partial charge in [-0.25, -0.2) is 9.37 Å². The standard InChI is InChI=1S/C9H9ClFN3/c10-8-5(11)1-2-6-9(8)14-7(13-6)3-4-12/h1-2H,3-4,12H2,(H,13,14). The molecule has 3 N–H and O–H groups in total. The highest BCUT2D eigenvalue weighted by Crippen LogP contribution is 2.24. The molecule has 0 aliphatic carbocycles. The number of nitrogens with two attached hydrogens (primary N) is 1. The first-order valence-corrected chi connectivity index (χ1v) is 4.63. The van der Waals surface area contributed by atoms with Gasteiger partial charge in [-0.05, 0) is 18.7 Å². The molecular weight excluding hydrogens is 205 g/mol. The van der Waals surface area contributed by atoms with Crippen molar-refractivity contribution in [2.75, 3.05) is 6.54 Å². The molecule has 2 rings (SSSR count). The molecule has 0 radical (unpaired) electrons. The number of aromatic nitrogens is 2. The molecule has 0 bridgehead atoms. The van der Waals surface area contributed by atoms with E-state index in [1.165, 1.54) is 6.07 Å². The van der Waals surface area contributed by atoms with E-state index in [-0.39, 0.29) is 5.02 Å². The van der Waals surface area contributed by atoms with E-state index >= 15 is 0 Å². The van der Waals surface area contributed by atoms with E-state index in [0.29, 0.717) is 18.5 Å². The summed E-state index contributed by atoms with van der Waals surface area (Å²) < 4.78 is 13.0. The first-order chi connectivity index (χ1) is 6.72. The van der Waals surface area contributed by atoms with Crippen molar-refractivity contribution in [3.8, 4) is 0 Å². The Balaban J connectivity index is 2.59. The van der Waals surface area contributed by atoms with E-state index < -0.39 is 5.82 Å². The molecule has 0 saturated carbocycles. The summed E-state index contributed by atoms with van der Waals surface area (Å²) in [7, 11) is 0. The lowest BCUT2D eigenvalue weighted by Gasteiger charge is -1.92. The molecule has 74 valence electrons. The Labute approximate surface area is 85.1 Å². The Kier molecular flexibility index (Phi) is 2.39. The summed E-state index contributed by atoms with van der Waals surface area (Å²) in [6.45, 7) is 0.500. The second kappa shape index (κ2) is 3.55. The van der Waals surface area contributed by atoms with Gasteiger partial charge in [0, 0.05) is 6.42 Å². The lowest BCUT2D eigenvalue weighted by Crippen LogP contribution is -2.03. The van der Waals surface area contributed by atoms with Crippen molar-refractivity contribution in [2.24, 2.45) is 5.73 Å². The molecule has 0 amide bonds. The van der Waals surface area contributed by atoms with E-state index in [4.69, 9.17) is 17.3 Å². The summed E-state index contributed by atoms with van der Waals surface area (Å²) in [5.74, 6) is 0.278. The fourth-order valence-corrected chi connectivity index (χ4v) is 1.53. The Morgan fingerprint density at radius 1 is 1.50 bits per heavy atom. The number of aromatic amines is 1. The van der Waals surface area contributed by atoms with Gasteiger partial charge in [-0.2, -0.15) is 0 Å². The number of hydrogen-bond acceptors (Lipinski definition) is 2. The number of H-pyrrole nitrogens is 1. The van der Waals surface area contributed by atoms with Crippen LogP contribution in [0, 0.1) is 5.82 Å². The summed E-state index contributed by atoms with van der Waals surface area (Å²) in [4.78, 5) is 7.18. The zero-order valence-electron chi connectivity index (χ0n) is 7.35.